The maximum atomic E-state index is 12.8. The van der Waals surface area contributed by atoms with Gasteiger partial charge in [0.05, 0.1) is 19.1 Å². The van der Waals surface area contributed by atoms with E-state index >= 15 is 0 Å². The number of para-hydroxylation sites is 1. The first kappa shape index (κ1) is 21.2. The summed E-state index contributed by atoms with van der Waals surface area (Å²) in [5.41, 5.74) is 1.59. The third kappa shape index (κ3) is 4.97. The van der Waals surface area contributed by atoms with Crippen LogP contribution < -0.4 is 9.47 Å². The zero-order chi connectivity index (χ0) is 22.3. The molecule has 0 N–H and O–H groups in total. The number of methoxy groups -OCH3 is 1. The maximum Gasteiger partial charge on any atom is 0.344 e. The highest BCUT2D eigenvalue weighted by molar-refractivity contribution is 6.03. The molecule has 2 aromatic carbocycles. The SMILES string of the molecule is COc1ccc(C2=NN(C(=O)COC(=O)COc3ccccc3)C(c3ccco3)C2)cc1. The highest BCUT2D eigenvalue weighted by Crippen LogP contribution is 2.33. The van der Waals surface area contributed by atoms with Crippen molar-refractivity contribution in [3.8, 4) is 11.5 Å². The Labute approximate surface area is 185 Å². The molecular weight excluding hydrogens is 412 g/mol. The molecule has 0 spiro atoms. The van der Waals surface area contributed by atoms with E-state index in [4.69, 9.17) is 18.6 Å². The van der Waals surface area contributed by atoms with Gasteiger partial charge in [-0.15, -0.1) is 0 Å². The average molecular weight is 434 g/mol. The summed E-state index contributed by atoms with van der Waals surface area (Å²) < 4.78 is 21.2. The molecule has 0 saturated heterocycles. The van der Waals surface area contributed by atoms with E-state index in [0.717, 1.165) is 17.0 Å². The van der Waals surface area contributed by atoms with Crippen molar-refractivity contribution in [2.75, 3.05) is 20.3 Å². The van der Waals surface area contributed by atoms with Crippen LogP contribution in [0.4, 0.5) is 0 Å². The van der Waals surface area contributed by atoms with Gasteiger partial charge in [-0.05, 0) is 54.1 Å². The monoisotopic (exact) mass is 434 g/mol. The highest BCUT2D eigenvalue weighted by atomic mass is 16.6. The van der Waals surface area contributed by atoms with Gasteiger partial charge in [0.15, 0.2) is 13.2 Å². The molecule has 0 saturated carbocycles. The Morgan fingerprint density at radius 2 is 1.78 bits per heavy atom. The van der Waals surface area contributed by atoms with Gasteiger partial charge in [-0.1, -0.05) is 18.2 Å². The van der Waals surface area contributed by atoms with Crippen LogP contribution >= 0.6 is 0 Å². The number of ether oxygens (including phenoxy) is 3. The van der Waals surface area contributed by atoms with Crippen molar-refractivity contribution in [2.45, 2.75) is 12.5 Å². The largest absolute Gasteiger partial charge is 0.497 e. The number of hydrogen-bond donors (Lipinski definition) is 0. The molecule has 8 heteroatoms. The number of esters is 1. The Kier molecular flexibility index (Phi) is 6.50. The summed E-state index contributed by atoms with van der Waals surface area (Å²) >= 11 is 0. The molecule has 0 aliphatic carbocycles. The normalized spacial score (nSPS) is 15.2. The first-order valence-electron chi connectivity index (χ1n) is 10.0. The van der Waals surface area contributed by atoms with Crippen molar-refractivity contribution >= 4 is 17.6 Å². The van der Waals surface area contributed by atoms with Crippen molar-refractivity contribution in [1.29, 1.82) is 0 Å². The van der Waals surface area contributed by atoms with Gasteiger partial charge in [0.1, 0.15) is 23.3 Å². The lowest BCUT2D eigenvalue weighted by Crippen LogP contribution is -2.32. The molecule has 164 valence electrons. The van der Waals surface area contributed by atoms with E-state index in [2.05, 4.69) is 5.10 Å². The Morgan fingerprint density at radius 1 is 1.00 bits per heavy atom. The standard InChI is InChI=1S/C24H22N2O6/c1-29-18-11-9-17(10-12-18)20-14-21(22-8-5-13-30-22)26(25-20)23(27)15-32-24(28)16-31-19-6-3-2-4-7-19/h2-13,21H,14-16H2,1H3. The number of furan rings is 1. The van der Waals surface area contributed by atoms with Crippen LogP contribution in [0.5, 0.6) is 11.5 Å². The first-order valence-corrected chi connectivity index (χ1v) is 10.0. The zero-order valence-electron chi connectivity index (χ0n) is 17.5. The fourth-order valence-corrected chi connectivity index (χ4v) is 3.31. The molecular formula is C24H22N2O6. The van der Waals surface area contributed by atoms with Crippen LogP contribution in [0.25, 0.3) is 0 Å². The average Bonchev–Trinajstić information content (AvgIpc) is 3.52. The predicted molar refractivity (Wildman–Crippen MR) is 115 cm³/mol. The minimum atomic E-state index is -0.643. The second-order valence-electron chi connectivity index (χ2n) is 7.01. The summed E-state index contributed by atoms with van der Waals surface area (Å²) in [4.78, 5) is 24.9. The zero-order valence-corrected chi connectivity index (χ0v) is 17.5. The van der Waals surface area contributed by atoms with Crippen molar-refractivity contribution in [2.24, 2.45) is 5.10 Å². The predicted octanol–water partition coefficient (Wildman–Crippen LogP) is 3.59. The summed E-state index contributed by atoms with van der Waals surface area (Å²) in [6.07, 6.45) is 2.01. The number of benzene rings is 2. The van der Waals surface area contributed by atoms with Crippen LogP contribution in [0.15, 0.2) is 82.5 Å². The molecule has 1 atom stereocenters. The van der Waals surface area contributed by atoms with Gasteiger partial charge in [0, 0.05) is 6.42 Å². The fourth-order valence-electron chi connectivity index (χ4n) is 3.31. The van der Waals surface area contributed by atoms with Gasteiger partial charge in [0.25, 0.3) is 5.91 Å². The maximum absolute atomic E-state index is 12.8. The second-order valence-corrected chi connectivity index (χ2v) is 7.01. The molecule has 0 bridgehead atoms. The third-order valence-electron chi connectivity index (χ3n) is 4.92. The minimum absolute atomic E-state index is 0.292. The van der Waals surface area contributed by atoms with Gasteiger partial charge in [-0.2, -0.15) is 5.10 Å². The number of rotatable bonds is 8. The molecule has 3 aromatic rings. The molecule has 4 rings (SSSR count). The van der Waals surface area contributed by atoms with E-state index in [-0.39, 0.29) is 6.61 Å². The molecule has 0 fully saturated rings. The molecule has 1 aliphatic heterocycles. The van der Waals surface area contributed by atoms with E-state index in [1.54, 1.807) is 49.8 Å². The van der Waals surface area contributed by atoms with Crippen LogP contribution in [-0.4, -0.2) is 42.9 Å². The Balaban J connectivity index is 1.41. The smallest absolute Gasteiger partial charge is 0.344 e. The van der Waals surface area contributed by atoms with Crippen LogP contribution in [0.3, 0.4) is 0 Å². The molecule has 1 aliphatic rings. The summed E-state index contributed by atoms with van der Waals surface area (Å²) in [7, 11) is 1.60. The molecule has 8 nitrogen and oxygen atoms in total. The van der Waals surface area contributed by atoms with E-state index in [9.17, 15) is 9.59 Å². The number of carbonyl (C=O) groups is 2. The summed E-state index contributed by atoms with van der Waals surface area (Å²) in [6.45, 7) is -0.743. The van der Waals surface area contributed by atoms with Crippen LogP contribution in [-0.2, 0) is 14.3 Å². The molecule has 32 heavy (non-hydrogen) atoms. The van der Waals surface area contributed by atoms with Gasteiger partial charge in [0.2, 0.25) is 0 Å². The fraction of sp³-hybridized carbons (Fsp3) is 0.208. The topological polar surface area (TPSA) is 90.6 Å². The molecule has 1 amide bonds. The first-order chi connectivity index (χ1) is 15.6. The quantitative estimate of drug-likeness (QED) is 0.504. The lowest BCUT2D eigenvalue weighted by Gasteiger charge is -2.19. The lowest BCUT2D eigenvalue weighted by atomic mass is 10.0. The van der Waals surface area contributed by atoms with Crippen molar-refractivity contribution < 1.29 is 28.2 Å². The Morgan fingerprint density at radius 3 is 2.47 bits per heavy atom. The summed E-state index contributed by atoms with van der Waals surface area (Å²) in [6, 6.07) is 19.4. The van der Waals surface area contributed by atoms with Gasteiger partial charge >= 0.3 is 5.97 Å². The van der Waals surface area contributed by atoms with Gasteiger partial charge < -0.3 is 18.6 Å². The Hall–Kier alpha value is -4.07. The van der Waals surface area contributed by atoms with E-state index in [0.29, 0.717) is 17.9 Å². The number of carbonyl (C=O) groups excluding carboxylic acids is 2. The number of hydrogen-bond acceptors (Lipinski definition) is 7. The van der Waals surface area contributed by atoms with Crippen molar-refractivity contribution in [1.82, 2.24) is 5.01 Å². The van der Waals surface area contributed by atoms with Crippen molar-refractivity contribution in [3.05, 3.63) is 84.3 Å². The van der Waals surface area contributed by atoms with E-state index in [1.807, 2.05) is 30.3 Å². The number of nitrogens with zero attached hydrogens (tertiary/aromatic N) is 2. The minimum Gasteiger partial charge on any atom is -0.497 e. The summed E-state index contributed by atoms with van der Waals surface area (Å²) in [5, 5.41) is 5.81. The second kappa shape index (κ2) is 9.82. The molecule has 0 radical (unpaired) electrons. The van der Waals surface area contributed by atoms with Crippen LogP contribution in [0.2, 0.25) is 0 Å². The van der Waals surface area contributed by atoms with Crippen molar-refractivity contribution in [3.63, 3.8) is 0 Å². The molecule has 1 unspecified atom stereocenters. The third-order valence-corrected chi connectivity index (χ3v) is 4.92. The van der Waals surface area contributed by atoms with Crippen LogP contribution in [0, 0.1) is 0 Å². The lowest BCUT2D eigenvalue weighted by molar-refractivity contribution is -0.154. The number of amides is 1. The van der Waals surface area contributed by atoms with E-state index in [1.165, 1.54) is 5.01 Å². The van der Waals surface area contributed by atoms with Crippen LogP contribution in [0.1, 0.15) is 23.8 Å². The summed E-state index contributed by atoms with van der Waals surface area (Å²) in [5.74, 6) is 0.775. The molecule has 2 heterocycles. The highest BCUT2D eigenvalue weighted by Gasteiger charge is 2.35. The van der Waals surface area contributed by atoms with E-state index < -0.39 is 24.5 Å². The van der Waals surface area contributed by atoms with Gasteiger partial charge in [-0.3, -0.25) is 4.79 Å². The Bertz CT molecular complexity index is 1080. The number of hydrazone groups is 1. The van der Waals surface area contributed by atoms with Gasteiger partial charge in [-0.25, -0.2) is 9.80 Å². The molecule has 1 aromatic heterocycles.